The molecule has 0 atom stereocenters. The fourth-order valence-electron chi connectivity index (χ4n) is 3.78. The van der Waals surface area contributed by atoms with Gasteiger partial charge in [-0.1, -0.05) is 29.8 Å². The lowest BCUT2D eigenvalue weighted by atomic mass is 10.0. The minimum Gasteiger partial charge on any atom is -0.493 e. The van der Waals surface area contributed by atoms with Crippen LogP contribution in [-0.4, -0.2) is 34.0 Å². The zero-order chi connectivity index (χ0) is 22.1. The number of H-pyrrole nitrogens is 1. The second-order valence-corrected chi connectivity index (χ2v) is 7.88. The number of benzene rings is 2. The van der Waals surface area contributed by atoms with Crippen LogP contribution in [0.15, 0.2) is 73.3 Å². The molecule has 3 heterocycles. The Kier molecular flexibility index (Phi) is 5.29. The Bertz CT molecular complexity index is 1390. The molecule has 0 aliphatic rings. The van der Waals surface area contributed by atoms with E-state index >= 15 is 0 Å². The first-order valence-corrected chi connectivity index (χ1v) is 10.5. The van der Waals surface area contributed by atoms with E-state index in [0.717, 1.165) is 43.9 Å². The van der Waals surface area contributed by atoms with Gasteiger partial charge in [-0.3, -0.25) is 4.68 Å². The van der Waals surface area contributed by atoms with Crippen LogP contribution >= 0.6 is 11.6 Å². The smallest absolute Gasteiger partial charge is 0.161 e. The average Bonchev–Trinajstić information content (AvgIpc) is 3.46. The summed E-state index contributed by atoms with van der Waals surface area (Å²) >= 11 is 5.99. The summed E-state index contributed by atoms with van der Waals surface area (Å²) in [6.07, 6.45) is 7.75. The second-order valence-electron chi connectivity index (χ2n) is 7.45. The lowest BCUT2D eigenvalue weighted by Crippen LogP contribution is -1.99. The van der Waals surface area contributed by atoms with Gasteiger partial charge in [0.1, 0.15) is 5.65 Å². The lowest BCUT2D eigenvalue weighted by Gasteiger charge is -2.09. The SMILES string of the molecule is COc1ccc(-c2cnc3[nH]cc(-c4cnn(Cc5ccc(Cl)cc5)c4)c3c2)cc1OC. The van der Waals surface area contributed by atoms with Crippen molar-refractivity contribution in [3.05, 3.63) is 83.9 Å². The monoisotopic (exact) mass is 444 g/mol. The normalized spacial score (nSPS) is 11.1. The van der Waals surface area contributed by atoms with Gasteiger partial charge >= 0.3 is 0 Å². The maximum Gasteiger partial charge on any atom is 0.161 e. The van der Waals surface area contributed by atoms with E-state index in [1.54, 1.807) is 14.2 Å². The first-order chi connectivity index (χ1) is 15.6. The predicted molar refractivity (Wildman–Crippen MR) is 126 cm³/mol. The largest absolute Gasteiger partial charge is 0.493 e. The topological polar surface area (TPSA) is 65.0 Å². The van der Waals surface area contributed by atoms with Crippen molar-refractivity contribution in [1.82, 2.24) is 19.7 Å². The Hall–Kier alpha value is -3.77. The molecule has 0 fully saturated rings. The van der Waals surface area contributed by atoms with Gasteiger partial charge in [0.2, 0.25) is 0 Å². The highest BCUT2D eigenvalue weighted by molar-refractivity contribution is 6.30. The number of nitrogens with zero attached hydrogens (tertiary/aromatic N) is 3. The average molecular weight is 445 g/mol. The molecule has 0 unspecified atom stereocenters. The molecular weight excluding hydrogens is 424 g/mol. The summed E-state index contributed by atoms with van der Waals surface area (Å²) in [6, 6.07) is 15.8. The van der Waals surface area contributed by atoms with Crippen molar-refractivity contribution in [2.45, 2.75) is 6.54 Å². The summed E-state index contributed by atoms with van der Waals surface area (Å²) < 4.78 is 12.7. The molecule has 5 aromatic rings. The van der Waals surface area contributed by atoms with E-state index in [2.05, 4.69) is 21.1 Å². The molecule has 2 aromatic carbocycles. The van der Waals surface area contributed by atoms with Crippen LogP contribution in [0.5, 0.6) is 11.5 Å². The van der Waals surface area contributed by atoms with Gasteiger partial charge in [0, 0.05) is 45.7 Å². The third-order valence-corrected chi connectivity index (χ3v) is 5.70. The van der Waals surface area contributed by atoms with Crippen LogP contribution < -0.4 is 9.47 Å². The van der Waals surface area contributed by atoms with Crippen LogP contribution in [0.2, 0.25) is 5.02 Å². The Balaban J connectivity index is 1.48. The summed E-state index contributed by atoms with van der Waals surface area (Å²) in [5, 5.41) is 6.30. The molecule has 3 aromatic heterocycles. The van der Waals surface area contributed by atoms with E-state index in [0.29, 0.717) is 18.0 Å². The van der Waals surface area contributed by atoms with Crippen molar-refractivity contribution in [2.75, 3.05) is 14.2 Å². The van der Waals surface area contributed by atoms with Crippen molar-refractivity contribution in [1.29, 1.82) is 0 Å². The molecule has 0 amide bonds. The van der Waals surface area contributed by atoms with E-state index in [9.17, 15) is 0 Å². The molecule has 0 bridgehead atoms. The maximum atomic E-state index is 5.99. The van der Waals surface area contributed by atoms with Gasteiger partial charge in [-0.15, -0.1) is 0 Å². The Morgan fingerprint density at radius 2 is 1.72 bits per heavy atom. The number of pyridine rings is 1. The third-order valence-electron chi connectivity index (χ3n) is 5.45. The van der Waals surface area contributed by atoms with Crippen LogP contribution in [0.1, 0.15) is 5.56 Å². The van der Waals surface area contributed by atoms with E-state index in [1.165, 1.54) is 0 Å². The molecule has 160 valence electrons. The zero-order valence-corrected chi connectivity index (χ0v) is 18.4. The number of aromatic amines is 1. The van der Waals surface area contributed by atoms with Gasteiger partial charge < -0.3 is 14.5 Å². The van der Waals surface area contributed by atoms with Gasteiger partial charge in [-0.25, -0.2) is 4.98 Å². The highest BCUT2D eigenvalue weighted by Gasteiger charge is 2.12. The van der Waals surface area contributed by atoms with Gasteiger partial charge in [0.05, 0.1) is 27.0 Å². The molecule has 7 heteroatoms. The lowest BCUT2D eigenvalue weighted by molar-refractivity contribution is 0.355. The molecule has 1 N–H and O–H groups in total. The van der Waals surface area contributed by atoms with E-state index < -0.39 is 0 Å². The summed E-state index contributed by atoms with van der Waals surface area (Å²) in [5.74, 6) is 1.38. The summed E-state index contributed by atoms with van der Waals surface area (Å²) in [6.45, 7) is 0.675. The molecule has 0 aliphatic carbocycles. The first-order valence-electron chi connectivity index (χ1n) is 10.1. The van der Waals surface area contributed by atoms with Crippen LogP contribution in [0, 0.1) is 0 Å². The first kappa shape index (κ1) is 20.2. The molecule has 5 rings (SSSR count). The fourth-order valence-corrected chi connectivity index (χ4v) is 3.91. The van der Waals surface area contributed by atoms with Crippen molar-refractivity contribution >= 4 is 22.6 Å². The molecule has 0 spiro atoms. The molecule has 0 saturated carbocycles. The molecular formula is C25H21ClN4O2. The quantitative estimate of drug-likeness (QED) is 0.359. The Morgan fingerprint density at radius 1 is 0.906 bits per heavy atom. The molecule has 0 radical (unpaired) electrons. The Morgan fingerprint density at radius 3 is 2.50 bits per heavy atom. The van der Waals surface area contributed by atoms with Crippen molar-refractivity contribution in [3.8, 4) is 33.8 Å². The predicted octanol–water partition coefficient (Wildman–Crippen LogP) is 5.81. The number of hydrogen-bond acceptors (Lipinski definition) is 4. The molecule has 6 nitrogen and oxygen atoms in total. The molecule has 32 heavy (non-hydrogen) atoms. The molecule has 0 aliphatic heterocycles. The van der Waals surface area contributed by atoms with Gasteiger partial charge in [-0.05, 0) is 41.5 Å². The summed E-state index contributed by atoms with van der Waals surface area (Å²) in [7, 11) is 3.26. The number of aromatic nitrogens is 4. The standard InChI is InChI=1S/C25H21ClN4O2/c1-31-23-8-5-17(10-24(23)32-2)18-9-21-22(13-28-25(21)27-11-18)19-12-29-30(15-19)14-16-3-6-20(26)7-4-16/h3-13,15H,14H2,1-2H3,(H,27,28). The van der Waals surface area contributed by atoms with Crippen LogP contribution in [-0.2, 0) is 6.54 Å². The Labute approximate surface area is 190 Å². The second kappa shape index (κ2) is 8.40. The number of methoxy groups -OCH3 is 2. The minimum absolute atomic E-state index is 0.675. The van der Waals surface area contributed by atoms with E-state index in [4.69, 9.17) is 21.1 Å². The maximum absolute atomic E-state index is 5.99. The van der Waals surface area contributed by atoms with Crippen molar-refractivity contribution in [2.24, 2.45) is 0 Å². The van der Waals surface area contributed by atoms with Crippen molar-refractivity contribution in [3.63, 3.8) is 0 Å². The third kappa shape index (κ3) is 3.81. The number of nitrogens with one attached hydrogen (secondary N) is 1. The summed E-state index contributed by atoms with van der Waals surface area (Å²) in [5.41, 5.74) is 6.04. The highest BCUT2D eigenvalue weighted by Crippen LogP contribution is 2.35. The van der Waals surface area contributed by atoms with Crippen molar-refractivity contribution < 1.29 is 9.47 Å². The minimum atomic E-state index is 0.675. The highest BCUT2D eigenvalue weighted by atomic mass is 35.5. The molecule has 0 saturated heterocycles. The van der Waals surface area contributed by atoms with E-state index in [-0.39, 0.29) is 0 Å². The number of rotatable bonds is 6. The zero-order valence-electron chi connectivity index (χ0n) is 17.7. The van der Waals surface area contributed by atoms with Gasteiger partial charge in [-0.2, -0.15) is 5.10 Å². The van der Waals surface area contributed by atoms with E-state index in [1.807, 2.05) is 71.9 Å². The number of fused-ring (bicyclic) bond motifs is 1. The number of hydrogen-bond donors (Lipinski definition) is 1. The van der Waals surface area contributed by atoms with Crippen LogP contribution in [0.25, 0.3) is 33.3 Å². The summed E-state index contributed by atoms with van der Waals surface area (Å²) in [4.78, 5) is 7.88. The van der Waals surface area contributed by atoms with Crippen LogP contribution in [0.3, 0.4) is 0 Å². The van der Waals surface area contributed by atoms with Gasteiger partial charge in [0.15, 0.2) is 11.5 Å². The number of halogens is 1. The fraction of sp³-hybridized carbons (Fsp3) is 0.120. The van der Waals surface area contributed by atoms with Crippen LogP contribution in [0.4, 0.5) is 0 Å². The number of ether oxygens (including phenoxy) is 2. The van der Waals surface area contributed by atoms with Gasteiger partial charge in [0.25, 0.3) is 0 Å².